The molecule has 13 heteroatoms. The molecule has 0 unspecified atom stereocenters. The lowest BCUT2D eigenvalue weighted by atomic mass is 10.1. The van der Waals surface area contributed by atoms with Crippen molar-refractivity contribution in [2.45, 2.75) is 46.3 Å². The summed E-state index contributed by atoms with van der Waals surface area (Å²) in [5.41, 5.74) is 1.62. The molecule has 0 fully saturated rings. The number of nitrogens with one attached hydrogen (secondary N) is 1. The van der Waals surface area contributed by atoms with Crippen LogP contribution in [0.1, 0.15) is 32.0 Å². The third kappa shape index (κ3) is 9.79. The third-order valence-corrected chi connectivity index (χ3v) is 5.04. The van der Waals surface area contributed by atoms with Gasteiger partial charge >= 0.3 is 17.9 Å². The van der Waals surface area contributed by atoms with E-state index in [1.165, 1.54) is 19.9 Å². The van der Waals surface area contributed by atoms with Gasteiger partial charge in [0.25, 0.3) is 0 Å². The van der Waals surface area contributed by atoms with Gasteiger partial charge in [0.15, 0.2) is 6.29 Å². The molecule has 0 aliphatic carbocycles. The molecule has 1 amide bonds. The van der Waals surface area contributed by atoms with Crippen molar-refractivity contribution in [3.63, 3.8) is 0 Å². The highest BCUT2D eigenvalue weighted by Crippen LogP contribution is 2.28. The lowest BCUT2D eigenvalue weighted by Gasteiger charge is -2.30. The minimum atomic E-state index is -1.31. The number of hydrogen-bond acceptors (Lipinski definition) is 11. The molecular formula is C26H30N4O9. The van der Waals surface area contributed by atoms with Crippen molar-refractivity contribution < 1.29 is 42.9 Å². The monoisotopic (exact) mass is 542 g/mol. The molecule has 0 bridgehead atoms. The van der Waals surface area contributed by atoms with E-state index in [-0.39, 0.29) is 31.1 Å². The second kappa shape index (κ2) is 14.5. The van der Waals surface area contributed by atoms with Crippen LogP contribution in [0.2, 0.25) is 0 Å². The first-order valence-electron chi connectivity index (χ1n) is 12.1. The van der Waals surface area contributed by atoms with Crippen LogP contribution in [-0.2, 0) is 56.0 Å². The second-order valence-electron chi connectivity index (χ2n) is 8.27. The number of esters is 3. The summed E-state index contributed by atoms with van der Waals surface area (Å²) in [6.45, 7) is 4.09. The molecule has 1 aromatic heterocycles. The van der Waals surface area contributed by atoms with Crippen LogP contribution in [0.5, 0.6) is 0 Å². The highest BCUT2D eigenvalue weighted by Gasteiger charge is 2.32. The van der Waals surface area contributed by atoms with E-state index in [0.29, 0.717) is 12.2 Å². The summed E-state index contributed by atoms with van der Waals surface area (Å²) < 4.78 is 28.2. The number of carbonyl (C=O) groups excluding carboxylic acids is 4. The van der Waals surface area contributed by atoms with Crippen molar-refractivity contribution in [1.29, 1.82) is 0 Å². The van der Waals surface area contributed by atoms with Crippen LogP contribution in [-0.4, -0.2) is 71.0 Å². The molecule has 2 aromatic rings. The third-order valence-electron chi connectivity index (χ3n) is 5.04. The van der Waals surface area contributed by atoms with Gasteiger partial charge in [-0.15, -0.1) is 5.10 Å². The van der Waals surface area contributed by atoms with E-state index in [4.69, 9.17) is 23.7 Å². The largest absolute Gasteiger partial charge is 0.463 e. The zero-order valence-electron chi connectivity index (χ0n) is 21.8. The Balaban J connectivity index is 1.64. The standard InChI is InChI=1S/C26H30N4O9/c1-4-35-25(34)11-22-23(38-18(3)32)10-21(15-36-17(2)31)39-26(22)37-16-24(33)27-12-20-14-30(29-28-20)13-19-8-6-5-7-9-19/h5-11,14,21,26H,4,12-13,15-16H2,1-3H3,(H,27,33)/b22-11+/t21-,26-/m0/s1. The molecular weight excluding hydrogens is 512 g/mol. The van der Waals surface area contributed by atoms with Crippen LogP contribution in [0.3, 0.4) is 0 Å². The van der Waals surface area contributed by atoms with Crippen molar-refractivity contribution in [3.8, 4) is 0 Å². The van der Waals surface area contributed by atoms with Gasteiger partial charge in [0, 0.05) is 19.9 Å². The summed E-state index contributed by atoms with van der Waals surface area (Å²) in [5, 5.41) is 10.8. The zero-order valence-corrected chi connectivity index (χ0v) is 21.8. The van der Waals surface area contributed by atoms with E-state index in [1.807, 2.05) is 30.3 Å². The summed E-state index contributed by atoms with van der Waals surface area (Å²) in [6, 6.07) is 9.73. The maximum Gasteiger partial charge on any atom is 0.331 e. The molecule has 2 atom stereocenters. The van der Waals surface area contributed by atoms with Gasteiger partial charge in [-0.1, -0.05) is 35.5 Å². The van der Waals surface area contributed by atoms with Crippen LogP contribution >= 0.6 is 0 Å². The van der Waals surface area contributed by atoms with E-state index in [1.54, 1.807) is 17.8 Å². The molecule has 0 saturated carbocycles. The summed E-state index contributed by atoms with van der Waals surface area (Å²) in [4.78, 5) is 47.6. The van der Waals surface area contributed by atoms with Crippen molar-refractivity contribution in [3.05, 3.63) is 71.3 Å². The second-order valence-corrected chi connectivity index (χ2v) is 8.27. The molecule has 3 rings (SSSR count). The Bertz CT molecular complexity index is 1220. The predicted molar refractivity (Wildman–Crippen MR) is 133 cm³/mol. The number of hydrogen-bond donors (Lipinski definition) is 1. The van der Waals surface area contributed by atoms with Crippen molar-refractivity contribution in [2.75, 3.05) is 19.8 Å². The minimum Gasteiger partial charge on any atom is -0.463 e. The predicted octanol–water partition coefficient (Wildman–Crippen LogP) is 1.18. The fourth-order valence-electron chi connectivity index (χ4n) is 3.43. The SMILES string of the molecule is CCOC(=O)/C=C1\C(OC(C)=O)=C[C@@H](COC(C)=O)O[C@@H]1OCC(=O)NCc1cn(Cc2ccccc2)nn1. The van der Waals surface area contributed by atoms with Crippen molar-refractivity contribution in [1.82, 2.24) is 20.3 Å². The van der Waals surface area contributed by atoms with Crippen LogP contribution in [0.25, 0.3) is 0 Å². The minimum absolute atomic E-state index is 0.0272. The molecule has 1 aliphatic heterocycles. The molecule has 2 heterocycles. The lowest BCUT2D eigenvalue weighted by molar-refractivity contribution is -0.172. The molecule has 1 N–H and O–H groups in total. The molecule has 39 heavy (non-hydrogen) atoms. The average molecular weight is 543 g/mol. The van der Waals surface area contributed by atoms with Gasteiger partial charge in [-0.05, 0) is 18.6 Å². The number of aromatic nitrogens is 3. The van der Waals surface area contributed by atoms with Gasteiger partial charge in [0.2, 0.25) is 5.91 Å². The fraction of sp³-hybridized carbons (Fsp3) is 0.385. The molecule has 13 nitrogen and oxygen atoms in total. The summed E-state index contributed by atoms with van der Waals surface area (Å²) in [6.07, 6.45) is 1.94. The number of ether oxygens (including phenoxy) is 5. The van der Waals surface area contributed by atoms with Gasteiger partial charge in [-0.25, -0.2) is 9.48 Å². The van der Waals surface area contributed by atoms with Gasteiger partial charge in [0.05, 0.1) is 31.5 Å². The fourth-order valence-corrected chi connectivity index (χ4v) is 3.43. The smallest absolute Gasteiger partial charge is 0.331 e. The molecule has 1 aromatic carbocycles. The first kappa shape index (κ1) is 29.2. The van der Waals surface area contributed by atoms with Crippen LogP contribution in [0.15, 0.2) is 60.0 Å². The first-order valence-corrected chi connectivity index (χ1v) is 12.1. The van der Waals surface area contributed by atoms with Crippen molar-refractivity contribution >= 4 is 23.8 Å². The number of nitrogens with zero attached hydrogens (tertiary/aromatic N) is 3. The lowest BCUT2D eigenvalue weighted by Crippen LogP contribution is -2.38. The number of rotatable bonds is 12. The summed E-state index contributed by atoms with van der Waals surface area (Å²) in [5.74, 6) is -2.50. The quantitative estimate of drug-likeness (QED) is 0.233. The summed E-state index contributed by atoms with van der Waals surface area (Å²) in [7, 11) is 0. The Hall–Kier alpha value is -4.36. The van der Waals surface area contributed by atoms with Gasteiger partial charge < -0.3 is 29.0 Å². The van der Waals surface area contributed by atoms with Gasteiger partial charge in [0.1, 0.15) is 30.8 Å². The topological polar surface area (TPSA) is 157 Å². The Morgan fingerprint density at radius 1 is 1.10 bits per heavy atom. The molecule has 0 spiro atoms. The number of benzene rings is 1. The average Bonchev–Trinajstić information content (AvgIpc) is 3.34. The van der Waals surface area contributed by atoms with E-state index < -0.39 is 42.8 Å². The van der Waals surface area contributed by atoms with Crippen LogP contribution in [0, 0.1) is 0 Å². The molecule has 208 valence electrons. The van der Waals surface area contributed by atoms with E-state index in [0.717, 1.165) is 11.6 Å². The van der Waals surface area contributed by atoms with E-state index >= 15 is 0 Å². The Morgan fingerprint density at radius 3 is 2.56 bits per heavy atom. The Labute approximate surface area is 224 Å². The Kier molecular flexibility index (Phi) is 10.9. The van der Waals surface area contributed by atoms with Gasteiger partial charge in [-0.3, -0.25) is 14.4 Å². The Morgan fingerprint density at radius 2 is 1.87 bits per heavy atom. The maximum absolute atomic E-state index is 12.5. The normalized spacial score (nSPS) is 17.7. The van der Waals surface area contributed by atoms with E-state index in [9.17, 15) is 19.2 Å². The molecule has 1 aliphatic rings. The zero-order chi connectivity index (χ0) is 28.2. The maximum atomic E-state index is 12.5. The molecule has 0 saturated heterocycles. The van der Waals surface area contributed by atoms with Crippen molar-refractivity contribution in [2.24, 2.45) is 0 Å². The highest BCUT2D eigenvalue weighted by atomic mass is 16.7. The molecule has 0 radical (unpaired) electrons. The van der Waals surface area contributed by atoms with Gasteiger partial charge in [-0.2, -0.15) is 0 Å². The van der Waals surface area contributed by atoms with Crippen LogP contribution < -0.4 is 5.32 Å². The number of carbonyl (C=O) groups is 4. The van der Waals surface area contributed by atoms with Crippen LogP contribution in [0.4, 0.5) is 0 Å². The highest BCUT2D eigenvalue weighted by molar-refractivity contribution is 5.84. The summed E-state index contributed by atoms with van der Waals surface area (Å²) >= 11 is 0. The van der Waals surface area contributed by atoms with E-state index in [2.05, 4.69) is 15.6 Å². The number of amides is 1. The first-order chi connectivity index (χ1) is 18.7.